The first-order valence-corrected chi connectivity index (χ1v) is 5.84. The van der Waals surface area contributed by atoms with Crippen molar-refractivity contribution in [1.29, 1.82) is 0 Å². The Balaban J connectivity index is 3.73. The highest BCUT2D eigenvalue weighted by Crippen LogP contribution is 2.05. The van der Waals surface area contributed by atoms with Crippen molar-refractivity contribution in [3.05, 3.63) is 12.7 Å². The molecule has 0 saturated carbocycles. The van der Waals surface area contributed by atoms with Crippen molar-refractivity contribution >= 4 is 14.8 Å². The van der Waals surface area contributed by atoms with E-state index in [0.29, 0.717) is 0 Å². The van der Waals surface area contributed by atoms with E-state index in [1.165, 1.54) is 14.2 Å². The summed E-state index contributed by atoms with van der Waals surface area (Å²) in [4.78, 5) is 10.6. The third kappa shape index (κ3) is 4.78. The van der Waals surface area contributed by atoms with Gasteiger partial charge in [-0.15, -0.1) is 0 Å². The van der Waals surface area contributed by atoms with E-state index in [4.69, 9.17) is 13.3 Å². The van der Waals surface area contributed by atoms with Crippen LogP contribution >= 0.6 is 0 Å². The van der Waals surface area contributed by atoms with E-state index >= 15 is 0 Å². The van der Waals surface area contributed by atoms with E-state index in [1.807, 2.05) is 0 Å². The van der Waals surface area contributed by atoms with E-state index in [0.717, 1.165) is 6.08 Å². The first-order chi connectivity index (χ1) is 6.08. The van der Waals surface area contributed by atoms with Crippen molar-refractivity contribution in [3.63, 3.8) is 0 Å². The highest BCUT2D eigenvalue weighted by molar-refractivity contribution is 6.59. The van der Waals surface area contributed by atoms with Gasteiger partial charge in [-0.2, -0.15) is 0 Å². The summed E-state index contributed by atoms with van der Waals surface area (Å²) in [5.74, 6) is -0.538. The Morgan fingerprint density at radius 2 is 2.00 bits per heavy atom. The zero-order chi connectivity index (χ0) is 10.3. The summed E-state index contributed by atoms with van der Waals surface area (Å²) in [6.45, 7) is 4.74. The summed E-state index contributed by atoms with van der Waals surface area (Å²) in [6.07, 6.45) is 1.06. The molecule has 0 radical (unpaired) electrons. The average Bonchev–Trinajstić information content (AvgIpc) is 2.17. The minimum atomic E-state index is -2.59. The van der Waals surface area contributed by atoms with E-state index in [2.05, 4.69) is 11.3 Å². The minimum Gasteiger partial charge on any atom is -0.436 e. The zero-order valence-electron chi connectivity index (χ0n) is 8.03. The van der Waals surface area contributed by atoms with Crippen LogP contribution in [0.1, 0.15) is 0 Å². The maximum absolute atomic E-state index is 10.6. The molecule has 0 aromatic carbocycles. The molecule has 0 aliphatic heterocycles. The third-order valence-corrected chi connectivity index (χ3v) is 3.56. The van der Waals surface area contributed by atoms with Gasteiger partial charge in [-0.25, -0.2) is 4.79 Å². The Hall–Kier alpha value is -0.693. The molecule has 0 saturated heterocycles. The Bertz CT molecular complexity index is 178. The van der Waals surface area contributed by atoms with Crippen LogP contribution in [0.4, 0.5) is 0 Å². The van der Waals surface area contributed by atoms with E-state index in [1.54, 1.807) is 6.55 Å². The summed E-state index contributed by atoms with van der Waals surface area (Å²) < 4.78 is 19.6. The second kappa shape index (κ2) is 5.87. The predicted octanol–water partition coefficient (Wildman–Crippen LogP) is 0.551. The Morgan fingerprint density at radius 3 is 2.38 bits per heavy atom. The van der Waals surface area contributed by atoms with Gasteiger partial charge in [0.15, 0.2) is 6.79 Å². The van der Waals surface area contributed by atoms with E-state index in [-0.39, 0.29) is 6.79 Å². The summed E-state index contributed by atoms with van der Waals surface area (Å²) in [6, 6.07) is 0. The van der Waals surface area contributed by atoms with Gasteiger partial charge in [0.05, 0.1) is 0 Å². The molecule has 0 spiro atoms. The summed E-state index contributed by atoms with van der Waals surface area (Å²) >= 11 is 0. The lowest BCUT2D eigenvalue weighted by Gasteiger charge is -2.21. The fraction of sp³-hybridized carbons (Fsp3) is 0.571. The molecule has 0 rings (SSSR count). The van der Waals surface area contributed by atoms with Gasteiger partial charge in [-0.1, -0.05) is 6.58 Å². The van der Waals surface area contributed by atoms with Crippen molar-refractivity contribution in [2.45, 2.75) is 6.55 Å². The number of ether oxygens (including phenoxy) is 1. The highest BCUT2D eigenvalue weighted by atomic mass is 28.4. The molecular formula is C7H14O5Si. The molecule has 5 nitrogen and oxygen atoms in total. The number of carbonyl (C=O) groups excluding carboxylic acids is 1. The molecule has 0 aromatic rings. The van der Waals surface area contributed by atoms with Crippen LogP contribution in [0.25, 0.3) is 0 Å². The van der Waals surface area contributed by atoms with Crippen molar-refractivity contribution in [2.75, 3.05) is 21.0 Å². The summed E-state index contributed by atoms with van der Waals surface area (Å²) in [5, 5.41) is 0. The normalized spacial score (nSPS) is 11.0. The fourth-order valence-electron chi connectivity index (χ4n) is 0.455. The number of hydrogen-bond acceptors (Lipinski definition) is 5. The van der Waals surface area contributed by atoms with Crippen LogP contribution in [0.2, 0.25) is 6.55 Å². The van der Waals surface area contributed by atoms with Gasteiger partial charge in [-0.05, 0) is 0 Å². The van der Waals surface area contributed by atoms with Gasteiger partial charge in [0.1, 0.15) is 0 Å². The Labute approximate surface area is 78.6 Å². The maximum atomic E-state index is 10.6. The van der Waals surface area contributed by atoms with E-state index < -0.39 is 14.8 Å². The largest absolute Gasteiger partial charge is 0.499 e. The molecule has 0 aliphatic carbocycles. The van der Waals surface area contributed by atoms with Gasteiger partial charge < -0.3 is 18.0 Å². The number of esters is 1. The van der Waals surface area contributed by atoms with Crippen molar-refractivity contribution in [1.82, 2.24) is 0 Å². The molecule has 0 N–H and O–H groups in total. The first-order valence-electron chi connectivity index (χ1n) is 3.61. The Kier molecular flexibility index (Phi) is 5.56. The van der Waals surface area contributed by atoms with Crippen LogP contribution in [0.5, 0.6) is 0 Å². The molecule has 0 fully saturated rings. The monoisotopic (exact) mass is 206 g/mol. The number of hydrogen-bond donors (Lipinski definition) is 0. The lowest BCUT2D eigenvalue weighted by Crippen LogP contribution is -2.41. The summed E-state index contributed by atoms with van der Waals surface area (Å²) in [7, 11) is 0.366. The number of rotatable bonds is 6. The van der Waals surface area contributed by atoms with Crippen molar-refractivity contribution in [2.24, 2.45) is 0 Å². The SMILES string of the molecule is C=CC(=O)OCO[Si](C)(OC)OC. The summed E-state index contributed by atoms with van der Waals surface area (Å²) in [5.41, 5.74) is 0. The topological polar surface area (TPSA) is 54.0 Å². The average molecular weight is 206 g/mol. The molecule has 6 heteroatoms. The van der Waals surface area contributed by atoms with Gasteiger partial charge >= 0.3 is 14.8 Å². The molecule has 0 heterocycles. The van der Waals surface area contributed by atoms with Gasteiger partial charge in [-0.3, -0.25) is 0 Å². The second-order valence-electron chi connectivity index (χ2n) is 2.20. The smallest absolute Gasteiger partial charge is 0.436 e. The van der Waals surface area contributed by atoms with E-state index in [9.17, 15) is 4.79 Å². The van der Waals surface area contributed by atoms with Crippen LogP contribution in [0, 0.1) is 0 Å². The number of carbonyl (C=O) groups is 1. The third-order valence-electron chi connectivity index (χ3n) is 1.43. The van der Waals surface area contributed by atoms with Crippen molar-refractivity contribution in [3.8, 4) is 0 Å². The highest BCUT2D eigenvalue weighted by Gasteiger charge is 2.32. The van der Waals surface area contributed by atoms with Crippen LogP contribution < -0.4 is 0 Å². The molecule has 0 aromatic heterocycles. The molecule has 0 bridgehead atoms. The zero-order valence-corrected chi connectivity index (χ0v) is 9.03. The maximum Gasteiger partial charge on any atom is 0.499 e. The van der Waals surface area contributed by atoms with Crippen molar-refractivity contribution < 1.29 is 22.8 Å². The minimum absolute atomic E-state index is 0.185. The lowest BCUT2D eigenvalue weighted by atomic mass is 10.7. The first kappa shape index (κ1) is 12.3. The fourth-order valence-corrected chi connectivity index (χ4v) is 1.13. The van der Waals surface area contributed by atoms with Crippen LogP contribution in [-0.2, 0) is 22.8 Å². The van der Waals surface area contributed by atoms with Gasteiger partial charge in [0.2, 0.25) is 0 Å². The standard InChI is InChI=1S/C7H14O5Si/c1-5-7(8)11-6-12-13(4,9-2)10-3/h5H,1,6H2,2-4H3. The molecular weight excluding hydrogens is 192 g/mol. The van der Waals surface area contributed by atoms with Crippen LogP contribution in [0.15, 0.2) is 12.7 Å². The molecule has 76 valence electrons. The molecule has 0 amide bonds. The second-order valence-corrected chi connectivity index (χ2v) is 5.03. The molecule has 0 aliphatic rings. The predicted molar refractivity (Wildman–Crippen MR) is 47.9 cm³/mol. The van der Waals surface area contributed by atoms with Gasteiger partial charge in [0.25, 0.3) is 0 Å². The molecule has 0 unspecified atom stereocenters. The van der Waals surface area contributed by atoms with Crippen LogP contribution in [0.3, 0.4) is 0 Å². The molecule has 13 heavy (non-hydrogen) atoms. The van der Waals surface area contributed by atoms with Crippen LogP contribution in [-0.4, -0.2) is 35.8 Å². The Morgan fingerprint density at radius 1 is 1.46 bits per heavy atom. The lowest BCUT2D eigenvalue weighted by molar-refractivity contribution is -0.146. The van der Waals surface area contributed by atoms with Gasteiger partial charge in [0, 0.05) is 26.8 Å². The quantitative estimate of drug-likeness (QED) is 0.275. The molecule has 0 atom stereocenters.